The van der Waals surface area contributed by atoms with Crippen LogP contribution in [-0.4, -0.2) is 75.3 Å². The van der Waals surface area contributed by atoms with Crippen molar-refractivity contribution < 1.29 is 9.50 Å². The van der Waals surface area contributed by atoms with Crippen LogP contribution in [0.3, 0.4) is 0 Å². The van der Waals surface area contributed by atoms with Gasteiger partial charge >= 0.3 is 0 Å². The van der Waals surface area contributed by atoms with Gasteiger partial charge in [0.2, 0.25) is 5.95 Å². The first-order valence-corrected chi connectivity index (χ1v) is 13.0. The van der Waals surface area contributed by atoms with Gasteiger partial charge in [0.25, 0.3) is 0 Å². The van der Waals surface area contributed by atoms with Gasteiger partial charge in [0.15, 0.2) is 10.9 Å². The lowest BCUT2D eigenvalue weighted by atomic mass is 10.2. The Bertz CT molecular complexity index is 1130. The number of piperazine rings is 1. The predicted molar refractivity (Wildman–Crippen MR) is 137 cm³/mol. The van der Waals surface area contributed by atoms with Gasteiger partial charge < -0.3 is 20.6 Å². The molecule has 11 heteroatoms. The molecule has 0 radical (unpaired) electrons. The van der Waals surface area contributed by atoms with E-state index in [4.69, 9.17) is 5.11 Å². The highest BCUT2D eigenvalue weighted by Crippen LogP contribution is 2.35. The van der Waals surface area contributed by atoms with Gasteiger partial charge in [-0.1, -0.05) is 24.2 Å². The van der Waals surface area contributed by atoms with E-state index in [-0.39, 0.29) is 18.2 Å². The van der Waals surface area contributed by atoms with Gasteiger partial charge in [-0.3, -0.25) is 4.90 Å². The molecule has 0 amide bonds. The Balaban J connectivity index is 1.26. The molecule has 2 aliphatic rings. The van der Waals surface area contributed by atoms with Gasteiger partial charge in [-0.2, -0.15) is 0 Å². The molecule has 1 saturated heterocycles. The summed E-state index contributed by atoms with van der Waals surface area (Å²) < 4.78 is 14.7. The van der Waals surface area contributed by atoms with E-state index in [1.807, 2.05) is 25.3 Å². The van der Waals surface area contributed by atoms with E-state index in [0.29, 0.717) is 23.3 Å². The molecule has 3 aromatic rings. The molecule has 0 spiro atoms. The molecule has 1 aliphatic carbocycles. The summed E-state index contributed by atoms with van der Waals surface area (Å²) in [6.45, 7) is 6.41. The summed E-state index contributed by atoms with van der Waals surface area (Å²) in [5.74, 6) is 0.408. The van der Waals surface area contributed by atoms with Gasteiger partial charge in [0, 0.05) is 38.8 Å². The monoisotopic (exact) mass is 498 g/mol. The van der Waals surface area contributed by atoms with Gasteiger partial charge in [-0.25, -0.2) is 24.3 Å². The number of nitrogens with zero attached hydrogens (tertiary/aromatic N) is 6. The Hall–Kier alpha value is -2.89. The van der Waals surface area contributed by atoms with Crippen molar-refractivity contribution in [2.75, 3.05) is 54.9 Å². The van der Waals surface area contributed by atoms with Gasteiger partial charge in [0.1, 0.15) is 11.5 Å². The Morgan fingerprint density at radius 3 is 2.60 bits per heavy atom. The molecular formula is C24H31FN8OS. The molecule has 2 fully saturated rings. The highest BCUT2D eigenvalue weighted by molar-refractivity contribution is 7.19. The second kappa shape index (κ2) is 10.8. The molecule has 35 heavy (non-hydrogen) atoms. The number of aliphatic hydroxyl groups is 1. The van der Waals surface area contributed by atoms with Crippen molar-refractivity contribution in [2.45, 2.75) is 38.6 Å². The number of β-amino-alcohol motifs (C(OH)–C–C–N with tert-alkyl or cyclic N) is 1. The number of pyridine rings is 1. The van der Waals surface area contributed by atoms with Crippen molar-refractivity contribution in [3.05, 3.63) is 36.0 Å². The van der Waals surface area contributed by atoms with Crippen molar-refractivity contribution in [3.63, 3.8) is 0 Å². The van der Waals surface area contributed by atoms with Crippen LogP contribution in [0.4, 0.5) is 27.0 Å². The highest BCUT2D eigenvalue weighted by atomic mass is 32.1. The van der Waals surface area contributed by atoms with Crippen LogP contribution in [0.2, 0.25) is 0 Å². The van der Waals surface area contributed by atoms with E-state index in [2.05, 4.69) is 40.4 Å². The van der Waals surface area contributed by atoms with Crippen LogP contribution < -0.4 is 15.5 Å². The van der Waals surface area contributed by atoms with Crippen LogP contribution in [0.5, 0.6) is 0 Å². The van der Waals surface area contributed by atoms with E-state index in [1.54, 1.807) is 0 Å². The molecule has 9 nitrogen and oxygen atoms in total. The van der Waals surface area contributed by atoms with Crippen LogP contribution in [0.25, 0.3) is 10.6 Å². The van der Waals surface area contributed by atoms with Gasteiger partial charge in [-0.05, 0) is 31.9 Å². The fourth-order valence-corrected chi connectivity index (χ4v) is 5.68. The summed E-state index contributed by atoms with van der Waals surface area (Å²) in [7, 11) is 0. The topological polar surface area (TPSA) is 102 Å². The number of hydrogen-bond acceptors (Lipinski definition) is 10. The Kier molecular flexibility index (Phi) is 7.35. The summed E-state index contributed by atoms with van der Waals surface area (Å²) >= 11 is 1.43. The molecule has 1 saturated carbocycles. The molecule has 1 aliphatic heterocycles. The van der Waals surface area contributed by atoms with Crippen molar-refractivity contribution in [2.24, 2.45) is 0 Å². The van der Waals surface area contributed by atoms with Crippen LogP contribution in [0.15, 0.2) is 24.5 Å². The van der Waals surface area contributed by atoms with Gasteiger partial charge in [0.05, 0.1) is 35.3 Å². The second-order valence-electron chi connectivity index (χ2n) is 9.03. The van der Waals surface area contributed by atoms with Crippen LogP contribution >= 0.6 is 11.3 Å². The number of aliphatic hydroxyl groups excluding tert-OH is 1. The maximum Gasteiger partial charge on any atom is 0.229 e. The molecular weight excluding hydrogens is 467 g/mol. The third-order valence-corrected chi connectivity index (χ3v) is 7.68. The number of thiazole rings is 1. The average molecular weight is 499 g/mol. The first kappa shape index (κ1) is 23.8. The minimum atomic E-state index is -0.474. The number of hydrogen-bond donors (Lipinski definition) is 3. The predicted octanol–water partition coefficient (Wildman–Crippen LogP) is 3.66. The maximum absolute atomic E-state index is 14.7. The number of nitrogens with one attached hydrogen (secondary N) is 2. The normalized spacial score (nSPS) is 17.2. The van der Waals surface area contributed by atoms with Gasteiger partial charge in [-0.15, -0.1) is 0 Å². The first-order valence-electron chi connectivity index (χ1n) is 12.2. The summed E-state index contributed by atoms with van der Waals surface area (Å²) in [4.78, 5) is 22.9. The zero-order valence-electron chi connectivity index (χ0n) is 19.9. The zero-order chi connectivity index (χ0) is 24.2. The Morgan fingerprint density at radius 1 is 1.09 bits per heavy atom. The molecule has 4 heterocycles. The number of aromatic nitrogens is 4. The minimum absolute atomic E-state index is 0.191. The third kappa shape index (κ3) is 5.68. The Morgan fingerprint density at radius 2 is 1.89 bits per heavy atom. The molecule has 3 aromatic heterocycles. The van der Waals surface area contributed by atoms with E-state index in [1.165, 1.54) is 30.4 Å². The number of aryl methyl sites for hydroxylation is 1. The fraction of sp³-hybridized carbons (Fsp3) is 0.500. The maximum atomic E-state index is 14.7. The Labute approximate surface area is 208 Å². The standard InChI is InChI=1S/C24H31FN8OS/c1-16-22(35-24(28-16)29-17-4-2-3-5-17)21-19(25)15-27-23(31-21)30-20-7-6-18(14-26-20)33-10-8-32(9-11-33)12-13-34/h6-7,14-15,17,34H,2-5,8-13H2,1H3,(H,28,29)(H,26,27,30,31). The van der Waals surface area contributed by atoms with Crippen LogP contribution in [0.1, 0.15) is 31.4 Å². The largest absolute Gasteiger partial charge is 0.395 e. The van der Waals surface area contributed by atoms with E-state index in [9.17, 15) is 4.39 Å². The zero-order valence-corrected chi connectivity index (χ0v) is 20.7. The second-order valence-corrected chi connectivity index (χ2v) is 10.0. The SMILES string of the molecule is Cc1nc(NC2CCCC2)sc1-c1nc(Nc2ccc(N3CCN(CCO)CC3)cn2)ncc1F. The van der Waals surface area contributed by atoms with Crippen molar-refractivity contribution >= 4 is 33.9 Å². The average Bonchev–Trinajstić information content (AvgIpc) is 3.51. The molecule has 0 aromatic carbocycles. The number of rotatable bonds is 8. The molecule has 3 N–H and O–H groups in total. The summed E-state index contributed by atoms with van der Waals surface area (Å²) in [6.07, 6.45) is 7.78. The lowest BCUT2D eigenvalue weighted by Gasteiger charge is -2.35. The number of halogens is 1. The van der Waals surface area contributed by atoms with E-state index < -0.39 is 5.82 Å². The van der Waals surface area contributed by atoms with Crippen LogP contribution in [-0.2, 0) is 0 Å². The van der Waals surface area contributed by atoms with Crippen molar-refractivity contribution in [1.82, 2.24) is 24.8 Å². The molecule has 0 unspecified atom stereocenters. The first-order chi connectivity index (χ1) is 17.1. The van der Waals surface area contributed by atoms with Crippen molar-refractivity contribution in [1.29, 1.82) is 0 Å². The summed E-state index contributed by atoms with van der Waals surface area (Å²) in [5.41, 5.74) is 2.04. The van der Waals surface area contributed by atoms with Crippen LogP contribution in [0, 0.1) is 12.7 Å². The van der Waals surface area contributed by atoms with Crippen molar-refractivity contribution in [3.8, 4) is 10.6 Å². The number of anilines is 4. The fourth-order valence-electron chi connectivity index (χ4n) is 4.64. The smallest absolute Gasteiger partial charge is 0.229 e. The molecule has 186 valence electrons. The highest BCUT2D eigenvalue weighted by Gasteiger charge is 2.21. The molecule has 0 bridgehead atoms. The minimum Gasteiger partial charge on any atom is -0.395 e. The molecule has 5 rings (SSSR count). The quantitative estimate of drug-likeness (QED) is 0.429. The summed E-state index contributed by atoms with van der Waals surface area (Å²) in [5, 5.41) is 16.5. The molecule has 0 atom stereocenters. The van der Waals surface area contributed by atoms with E-state index in [0.717, 1.165) is 55.5 Å². The van der Waals surface area contributed by atoms with E-state index >= 15 is 0 Å². The summed E-state index contributed by atoms with van der Waals surface area (Å²) in [6, 6.07) is 4.33. The lowest BCUT2D eigenvalue weighted by Crippen LogP contribution is -2.47. The lowest BCUT2D eigenvalue weighted by molar-refractivity contribution is 0.189. The third-order valence-electron chi connectivity index (χ3n) is 6.58.